The zero-order chi connectivity index (χ0) is 16.4. The highest BCUT2D eigenvalue weighted by molar-refractivity contribution is 7.18. The molecule has 4 rings (SSSR count). The van der Waals surface area contributed by atoms with E-state index in [-0.39, 0.29) is 0 Å². The highest BCUT2D eigenvalue weighted by Crippen LogP contribution is 2.36. The molecular weight excluding hydrogens is 314 g/mol. The van der Waals surface area contributed by atoms with Gasteiger partial charge in [-0.3, -0.25) is 4.90 Å². The SMILES string of the molecule is N#Cc1ccc(CN2CCCC[C@@H]2c2nc3ccccc3s2)cc1. The number of nitrogens with zero attached hydrogens (tertiary/aromatic N) is 3. The molecule has 120 valence electrons. The molecule has 0 saturated carbocycles. The van der Waals surface area contributed by atoms with E-state index in [4.69, 9.17) is 10.2 Å². The van der Waals surface area contributed by atoms with E-state index in [1.807, 2.05) is 23.5 Å². The van der Waals surface area contributed by atoms with Gasteiger partial charge in [-0.25, -0.2) is 4.98 Å². The van der Waals surface area contributed by atoms with Gasteiger partial charge in [0.2, 0.25) is 0 Å². The number of hydrogen-bond donors (Lipinski definition) is 0. The molecule has 0 bridgehead atoms. The number of aromatic nitrogens is 1. The minimum Gasteiger partial charge on any atom is -0.290 e. The van der Waals surface area contributed by atoms with Crippen molar-refractivity contribution in [2.45, 2.75) is 31.8 Å². The van der Waals surface area contributed by atoms with Crippen LogP contribution in [-0.2, 0) is 6.54 Å². The van der Waals surface area contributed by atoms with Crippen molar-refractivity contribution in [2.75, 3.05) is 6.54 Å². The topological polar surface area (TPSA) is 39.9 Å². The lowest BCUT2D eigenvalue weighted by Crippen LogP contribution is -2.32. The van der Waals surface area contributed by atoms with Gasteiger partial charge in [0.15, 0.2) is 0 Å². The van der Waals surface area contributed by atoms with E-state index in [1.165, 1.54) is 34.5 Å². The first-order chi connectivity index (χ1) is 11.8. The van der Waals surface area contributed by atoms with Crippen molar-refractivity contribution < 1.29 is 0 Å². The fourth-order valence-electron chi connectivity index (χ4n) is 3.41. The average Bonchev–Trinajstić information content (AvgIpc) is 3.07. The molecule has 24 heavy (non-hydrogen) atoms. The van der Waals surface area contributed by atoms with Crippen molar-refractivity contribution in [1.82, 2.24) is 9.88 Å². The van der Waals surface area contributed by atoms with Gasteiger partial charge < -0.3 is 0 Å². The number of rotatable bonds is 3. The second-order valence-electron chi connectivity index (χ2n) is 6.31. The molecule has 4 heteroatoms. The van der Waals surface area contributed by atoms with Crippen LogP contribution in [0.4, 0.5) is 0 Å². The lowest BCUT2D eigenvalue weighted by molar-refractivity contribution is 0.140. The molecular formula is C20H19N3S. The summed E-state index contributed by atoms with van der Waals surface area (Å²) < 4.78 is 1.27. The minimum atomic E-state index is 0.409. The van der Waals surface area contributed by atoms with Crippen LogP contribution in [0.3, 0.4) is 0 Å². The lowest BCUT2D eigenvalue weighted by Gasteiger charge is -2.34. The van der Waals surface area contributed by atoms with Crippen molar-refractivity contribution in [2.24, 2.45) is 0 Å². The minimum absolute atomic E-state index is 0.409. The Labute approximate surface area is 146 Å². The Hall–Kier alpha value is -2.22. The van der Waals surface area contributed by atoms with Crippen LogP contribution in [0.2, 0.25) is 0 Å². The van der Waals surface area contributed by atoms with E-state index in [1.54, 1.807) is 0 Å². The predicted octanol–water partition coefficient (Wildman–Crippen LogP) is 4.90. The molecule has 0 aliphatic carbocycles. The Balaban J connectivity index is 1.59. The third-order valence-corrected chi connectivity index (χ3v) is 5.82. The Bertz CT molecular complexity index is 843. The summed E-state index contributed by atoms with van der Waals surface area (Å²) in [6.45, 7) is 2.03. The van der Waals surface area contributed by atoms with Gasteiger partial charge in [0.05, 0.1) is 27.9 Å². The fraction of sp³-hybridized carbons (Fsp3) is 0.300. The summed E-state index contributed by atoms with van der Waals surface area (Å²) in [4.78, 5) is 7.43. The number of nitriles is 1. The predicted molar refractivity (Wildman–Crippen MR) is 97.8 cm³/mol. The largest absolute Gasteiger partial charge is 0.290 e. The molecule has 3 aromatic rings. The van der Waals surface area contributed by atoms with Gasteiger partial charge in [-0.1, -0.05) is 30.7 Å². The van der Waals surface area contributed by atoms with Gasteiger partial charge in [-0.05, 0) is 49.2 Å². The standard InChI is InChI=1S/C20H19N3S/c21-13-15-8-10-16(11-9-15)14-23-12-4-3-6-18(23)20-22-17-5-1-2-7-19(17)24-20/h1-2,5,7-11,18H,3-4,6,12,14H2/t18-/m1/s1. The molecule has 1 atom stereocenters. The van der Waals surface area contributed by atoms with E-state index >= 15 is 0 Å². The van der Waals surface area contributed by atoms with Gasteiger partial charge in [-0.2, -0.15) is 5.26 Å². The number of para-hydroxylation sites is 1. The van der Waals surface area contributed by atoms with Crippen LogP contribution in [0.15, 0.2) is 48.5 Å². The lowest BCUT2D eigenvalue weighted by atomic mass is 10.0. The maximum absolute atomic E-state index is 8.94. The van der Waals surface area contributed by atoms with E-state index in [9.17, 15) is 0 Å². The van der Waals surface area contributed by atoms with Crippen LogP contribution in [-0.4, -0.2) is 16.4 Å². The summed E-state index contributed by atoms with van der Waals surface area (Å²) in [6, 6.07) is 19.0. The van der Waals surface area contributed by atoms with Crippen LogP contribution < -0.4 is 0 Å². The van der Waals surface area contributed by atoms with E-state index < -0.39 is 0 Å². The Morgan fingerprint density at radius 2 is 1.96 bits per heavy atom. The number of likely N-dealkylation sites (tertiary alicyclic amines) is 1. The van der Waals surface area contributed by atoms with Crippen molar-refractivity contribution in [3.63, 3.8) is 0 Å². The summed E-state index contributed by atoms with van der Waals surface area (Å²) in [5, 5.41) is 10.2. The average molecular weight is 333 g/mol. The molecule has 1 fully saturated rings. The van der Waals surface area contributed by atoms with Crippen molar-refractivity contribution in [1.29, 1.82) is 5.26 Å². The van der Waals surface area contributed by atoms with Crippen molar-refractivity contribution in [3.05, 3.63) is 64.7 Å². The number of benzene rings is 2. The molecule has 1 saturated heterocycles. The fourth-order valence-corrected chi connectivity index (χ4v) is 4.55. The first-order valence-electron chi connectivity index (χ1n) is 8.42. The van der Waals surface area contributed by atoms with Gasteiger partial charge in [0.1, 0.15) is 5.01 Å². The third-order valence-electron chi connectivity index (χ3n) is 4.68. The molecule has 0 radical (unpaired) electrons. The van der Waals surface area contributed by atoms with Gasteiger partial charge >= 0.3 is 0 Å². The molecule has 0 N–H and O–H groups in total. The zero-order valence-electron chi connectivity index (χ0n) is 13.5. The molecule has 0 spiro atoms. The number of fused-ring (bicyclic) bond motifs is 1. The molecule has 1 aliphatic heterocycles. The maximum atomic E-state index is 8.94. The van der Waals surface area contributed by atoms with Crippen LogP contribution in [0.1, 0.15) is 41.4 Å². The molecule has 3 nitrogen and oxygen atoms in total. The summed E-state index contributed by atoms with van der Waals surface area (Å²) >= 11 is 1.83. The number of piperidine rings is 1. The first kappa shape index (κ1) is 15.3. The van der Waals surface area contributed by atoms with Crippen molar-refractivity contribution >= 4 is 21.6 Å². The Morgan fingerprint density at radius 1 is 1.12 bits per heavy atom. The Morgan fingerprint density at radius 3 is 2.75 bits per heavy atom. The van der Waals surface area contributed by atoms with Crippen LogP contribution in [0, 0.1) is 11.3 Å². The summed E-state index contributed by atoms with van der Waals surface area (Å²) in [5.41, 5.74) is 3.10. The van der Waals surface area contributed by atoms with Crippen LogP contribution in [0.25, 0.3) is 10.2 Å². The molecule has 0 amide bonds. The number of hydrogen-bond acceptors (Lipinski definition) is 4. The number of thiazole rings is 1. The molecule has 2 aromatic carbocycles. The molecule has 1 aromatic heterocycles. The van der Waals surface area contributed by atoms with E-state index in [0.29, 0.717) is 6.04 Å². The third kappa shape index (κ3) is 3.06. The van der Waals surface area contributed by atoms with Gasteiger partial charge in [-0.15, -0.1) is 11.3 Å². The second kappa shape index (κ2) is 6.72. The summed E-state index contributed by atoms with van der Waals surface area (Å²) in [7, 11) is 0. The monoisotopic (exact) mass is 333 g/mol. The highest BCUT2D eigenvalue weighted by atomic mass is 32.1. The molecule has 2 heterocycles. The smallest absolute Gasteiger partial charge is 0.111 e. The Kier molecular flexibility index (Phi) is 4.29. The molecule has 0 unspecified atom stereocenters. The van der Waals surface area contributed by atoms with E-state index in [2.05, 4.69) is 47.4 Å². The maximum Gasteiger partial charge on any atom is 0.111 e. The van der Waals surface area contributed by atoms with Crippen LogP contribution in [0.5, 0.6) is 0 Å². The van der Waals surface area contributed by atoms with Gasteiger partial charge in [0.25, 0.3) is 0 Å². The first-order valence-corrected chi connectivity index (χ1v) is 9.24. The second-order valence-corrected chi connectivity index (χ2v) is 7.37. The summed E-state index contributed by atoms with van der Waals surface area (Å²) in [6.07, 6.45) is 3.69. The zero-order valence-corrected chi connectivity index (χ0v) is 14.3. The van der Waals surface area contributed by atoms with Gasteiger partial charge in [0, 0.05) is 6.54 Å². The van der Waals surface area contributed by atoms with Crippen molar-refractivity contribution in [3.8, 4) is 6.07 Å². The highest BCUT2D eigenvalue weighted by Gasteiger charge is 2.26. The normalized spacial score (nSPS) is 18.5. The quantitative estimate of drug-likeness (QED) is 0.685. The summed E-state index contributed by atoms with van der Waals surface area (Å²) in [5.74, 6) is 0. The van der Waals surface area contributed by atoms with Crippen LogP contribution >= 0.6 is 11.3 Å². The molecule has 1 aliphatic rings. The van der Waals surface area contributed by atoms with E-state index in [0.717, 1.165) is 24.2 Å².